The van der Waals surface area contributed by atoms with E-state index in [2.05, 4.69) is 29.2 Å². The Bertz CT molecular complexity index is 524. The minimum atomic E-state index is 0.830. The molecule has 1 aliphatic carbocycles. The number of benzene rings is 1. The Morgan fingerprint density at radius 3 is 2.52 bits per heavy atom. The van der Waals surface area contributed by atoms with Gasteiger partial charge in [0.2, 0.25) is 0 Å². The summed E-state index contributed by atoms with van der Waals surface area (Å²) in [7, 11) is 3.41. The van der Waals surface area contributed by atoms with Gasteiger partial charge in [0.15, 0.2) is 11.5 Å². The second-order valence-corrected chi connectivity index (χ2v) is 6.11. The third kappa shape index (κ3) is 3.24. The number of ether oxygens (including phenoxy) is 2. The minimum absolute atomic E-state index is 0.830. The van der Waals surface area contributed by atoms with Gasteiger partial charge >= 0.3 is 0 Å². The minimum Gasteiger partial charge on any atom is -0.493 e. The van der Waals surface area contributed by atoms with Crippen molar-refractivity contribution in [3.8, 4) is 11.5 Å². The van der Waals surface area contributed by atoms with Crippen molar-refractivity contribution in [1.82, 2.24) is 4.90 Å². The van der Waals surface area contributed by atoms with E-state index in [1.165, 1.54) is 36.9 Å². The number of rotatable bonds is 4. The van der Waals surface area contributed by atoms with Gasteiger partial charge in [-0.3, -0.25) is 4.90 Å². The van der Waals surface area contributed by atoms with Crippen molar-refractivity contribution in [2.24, 2.45) is 5.92 Å². The van der Waals surface area contributed by atoms with Crippen molar-refractivity contribution in [3.05, 3.63) is 35.4 Å². The summed E-state index contributed by atoms with van der Waals surface area (Å²) in [6.45, 7) is 3.41. The molecule has 1 heterocycles. The van der Waals surface area contributed by atoms with Crippen LogP contribution in [-0.2, 0) is 13.0 Å². The van der Waals surface area contributed by atoms with E-state index in [-0.39, 0.29) is 0 Å². The van der Waals surface area contributed by atoms with Crippen LogP contribution in [0.1, 0.15) is 30.4 Å². The van der Waals surface area contributed by atoms with Gasteiger partial charge in [0.05, 0.1) is 14.2 Å². The van der Waals surface area contributed by atoms with Gasteiger partial charge in [-0.05, 0) is 54.9 Å². The molecule has 1 aromatic rings. The molecule has 0 aromatic heterocycles. The smallest absolute Gasteiger partial charge is 0.161 e. The van der Waals surface area contributed by atoms with E-state index < -0.39 is 0 Å². The van der Waals surface area contributed by atoms with Crippen molar-refractivity contribution >= 4 is 0 Å². The van der Waals surface area contributed by atoms with Crippen molar-refractivity contribution in [2.75, 3.05) is 27.3 Å². The molecule has 21 heavy (non-hydrogen) atoms. The highest BCUT2D eigenvalue weighted by Gasteiger charge is 2.22. The molecule has 3 nitrogen and oxygen atoms in total. The molecule has 0 bridgehead atoms. The predicted octanol–water partition coefficient (Wildman–Crippen LogP) is 3.42. The molecule has 2 aliphatic rings. The Labute approximate surface area is 127 Å². The number of methoxy groups -OCH3 is 2. The van der Waals surface area contributed by atoms with E-state index in [1.54, 1.807) is 14.2 Å². The molecule has 0 saturated heterocycles. The first-order valence-corrected chi connectivity index (χ1v) is 7.91. The van der Waals surface area contributed by atoms with Crippen LogP contribution < -0.4 is 9.47 Å². The normalized spacial score (nSPS) is 21.9. The molecule has 1 aliphatic heterocycles. The molecule has 1 unspecified atom stereocenters. The molecule has 3 rings (SSSR count). The largest absolute Gasteiger partial charge is 0.493 e. The number of allylic oxidation sites excluding steroid dienone is 2. The van der Waals surface area contributed by atoms with Crippen molar-refractivity contribution in [2.45, 2.75) is 32.2 Å². The van der Waals surface area contributed by atoms with E-state index in [4.69, 9.17) is 9.47 Å². The fourth-order valence-corrected chi connectivity index (χ4v) is 3.48. The van der Waals surface area contributed by atoms with Gasteiger partial charge in [-0.25, -0.2) is 0 Å². The zero-order valence-electron chi connectivity index (χ0n) is 13.1. The fraction of sp³-hybridized carbons (Fsp3) is 0.556. The summed E-state index contributed by atoms with van der Waals surface area (Å²) in [5.74, 6) is 2.53. The third-order valence-electron chi connectivity index (χ3n) is 4.69. The van der Waals surface area contributed by atoms with Crippen LogP contribution >= 0.6 is 0 Å². The lowest BCUT2D eigenvalue weighted by Gasteiger charge is -2.32. The van der Waals surface area contributed by atoms with Crippen LogP contribution in [0.3, 0.4) is 0 Å². The standard InChI is InChI=1S/C18H25NO2/c1-20-17-10-15-8-9-19(12-14-6-4-3-5-7-14)13-16(15)11-18(17)21-2/h3-4,10-11,14H,5-9,12-13H2,1-2H3. The maximum atomic E-state index is 5.43. The van der Waals surface area contributed by atoms with Gasteiger partial charge in [0, 0.05) is 19.6 Å². The molecule has 114 valence electrons. The Kier molecular flexibility index (Phi) is 4.49. The fourth-order valence-electron chi connectivity index (χ4n) is 3.48. The van der Waals surface area contributed by atoms with Crippen LogP contribution in [0.2, 0.25) is 0 Å². The van der Waals surface area contributed by atoms with Gasteiger partial charge in [-0.1, -0.05) is 12.2 Å². The Hall–Kier alpha value is -1.48. The van der Waals surface area contributed by atoms with Crippen molar-refractivity contribution < 1.29 is 9.47 Å². The average Bonchev–Trinajstić information content (AvgIpc) is 2.54. The lowest BCUT2D eigenvalue weighted by molar-refractivity contribution is 0.206. The molecule has 0 saturated carbocycles. The zero-order chi connectivity index (χ0) is 14.7. The van der Waals surface area contributed by atoms with Crippen LogP contribution in [0.4, 0.5) is 0 Å². The Morgan fingerprint density at radius 2 is 1.86 bits per heavy atom. The van der Waals surface area contributed by atoms with Gasteiger partial charge in [0.25, 0.3) is 0 Å². The number of fused-ring (bicyclic) bond motifs is 1. The molecule has 0 radical (unpaired) electrons. The van der Waals surface area contributed by atoms with Crippen LogP contribution in [0.25, 0.3) is 0 Å². The quantitative estimate of drug-likeness (QED) is 0.792. The van der Waals surface area contributed by atoms with Gasteiger partial charge in [-0.2, -0.15) is 0 Å². The first-order chi connectivity index (χ1) is 10.3. The lowest BCUT2D eigenvalue weighted by Crippen LogP contribution is -2.34. The Morgan fingerprint density at radius 1 is 1.10 bits per heavy atom. The number of hydrogen-bond acceptors (Lipinski definition) is 3. The molecule has 0 spiro atoms. The topological polar surface area (TPSA) is 21.7 Å². The predicted molar refractivity (Wildman–Crippen MR) is 85.0 cm³/mol. The van der Waals surface area contributed by atoms with E-state index in [9.17, 15) is 0 Å². The molecule has 0 amide bonds. The summed E-state index contributed by atoms with van der Waals surface area (Å²) in [6.07, 6.45) is 9.61. The SMILES string of the molecule is COc1cc2c(cc1OC)CN(CC1CC=CCC1)CC2. The Balaban J connectivity index is 1.71. The average molecular weight is 287 g/mol. The highest BCUT2D eigenvalue weighted by atomic mass is 16.5. The number of nitrogens with zero attached hydrogens (tertiary/aromatic N) is 1. The van der Waals surface area contributed by atoms with Crippen LogP contribution in [-0.4, -0.2) is 32.2 Å². The maximum Gasteiger partial charge on any atom is 0.161 e. The van der Waals surface area contributed by atoms with Crippen molar-refractivity contribution in [1.29, 1.82) is 0 Å². The monoisotopic (exact) mass is 287 g/mol. The molecule has 0 N–H and O–H groups in total. The van der Waals surface area contributed by atoms with E-state index in [0.29, 0.717) is 0 Å². The van der Waals surface area contributed by atoms with E-state index >= 15 is 0 Å². The lowest BCUT2D eigenvalue weighted by atomic mass is 9.92. The molecular formula is C18H25NO2. The summed E-state index contributed by atoms with van der Waals surface area (Å²) in [4.78, 5) is 2.60. The second-order valence-electron chi connectivity index (χ2n) is 6.11. The molecule has 1 atom stereocenters. The van der Waals surface area contributed by atoms with E-state index in [1.807, 2.05) is 0 Å². The second kappa shape index (κ2) is 6.52. The van der Waals surface area contributed by atoms with Gasteiger partial charge < -0.3 is 9.47 Å². The van der Waals surface area contributed by atoms with Crippen LogP contribution in [0.5, 0.6) is 11.5 Å². The third-order valence-corrected chi connectivity index (χ3v) is 4.69. The molecule has 3 heteroatoms. The zero-order valence-corrected chi connectivity index (χ0v) is 13.1. The summed E-state index contributed by atoms with van der Waals surface area (Å²) < 4.78 is 10.8. The molecule has 1 aromatic carbocycles. The van der Waals surface area contributed by atoms with E-state index in [0.717, 1.165) is 36.9 Å². The highest BCUT2D eigenvalue weighted by Crippen LogP contribution is 2.33. The van der Waals surface area contributed by atoms with Gasteiger partial charge in [-0.15, -0.1) is 0 Å². The number of hydrogen-bond donors (Lipinski definition) is 0. The molecular weight excluding hydrogens is 262 g/mol. The molecule has 0 fully saturated rings. The van der Waals surface area contributed by atoms with Crippen LogP contribution in [0.15, 0.2) is 24.3 Å². The summed E-state index contributed by atoms with van der Waals surface area (Å²) >= 11 is 0. The highest BCUT2D eigenvalue weighted by molar-refractivity contribution is 5.48. The first kappa shape index (κ1) is 14.5. The summed E-state index contributed by atoms with van der Waals surface area (Å²) in [6, 6.07) is 4.30. The van der Waals surface area contributed by atoms with Crippen LogP contribution in [0, 0.1) is 5.92 Å². The maximum absolute atomic E-state index is 5.43. The van der Waals surface area contributed by atoms with Crippen molar-refractivity contribution in [3.63, 3.8) is 0 Å². The summed E-state index contributed by atoms with van der Waals surface area (Å²) in [5.41, 5.74) is 2.80. The summed E-state index contributed by atoms with van der Waals surface area (Å²) in [5, 5.41) is 0. The van der Waals surface area contributed by atoms with Gasteiger partial charge in [0.1, 0.15) is 0 Å². The first-order valence-electron chi connectivity index (χ1n) is 7.91.